The van der Waals surface area contributed by atoms with Gasteiger partial charge in [-0.1, -0.05) is 6.92 Å². The van der Waals surface area contributed by atoms with Crippen LogP contribution in [0.5, 0.6) is 0 Å². The Hall–Kier alpha value is -1.10. The van der Waals surface area contributed by atoms with Gasteiger partial charge in [0.15, 0.2) is 5.96 Å². The summed E-state index contributed by atoms with van der Waals surface area (Å²) in [5.41, 5.74) is 1.19. The fraction of sp³-hybridized carbons (Fsp3) is 0.714. The highest BCUT2D eigenvalue weighted by Gasteiger charge is 2.20. The lowest BCUT2D eigenvalue weighted by atomic mass is 10.3. The molecule has 0 radical (unpaired) electrons. The number of hydrogen-bond donors (Lipinski definition) is 2. The van der Waals surface area contributed by atoms with Gasteiger partial charge in [0, 0.05) is 31.4 Å². The summed E-state index contributed by atoms with van der Waals surface area (Å²) in [5.74, 6) is 1.78. The van der Waals surface area contributed by atoms with Gasteiger partial charge in [0.1, 0.15) is 0 Å². The van der Waals surface area contributed by atoms with Gasteiger partial charge in [0.05, 0.1) is 10.7 Å². The number of aryl methyl sites for hydroxylation is 1. The van der Waals surface area contributed by atoms with Gasteiger partial charge in [0.25, 0.3) is 0 Å². The number of nitrogens with zero attached hydrogens (tertiary/aromatic N) is 2. The van der Waals surface area contributed by atoms with E-state index >= 15 is 0 Å². The van der Waals surface area contributed by atoms with Gasteiger partial charge in [-0.2, -0.15) is 0 Å². The minimum Gasteiger partial charge on any atom is -0.357 e. The molecule has 0 unspecified atom stereocenters. The molecule has 19 heavy (non-hydrogen) atoms. The Labute approximate surface area is 119 Å². The van der Waals surface area contributed by atoms with Crippen LogP contribution in [0.3, 0.4) is 0 Å². The molecule has 1 aliphatic carbocycles. The van der Waals surface area contributed by atoms with Crippen LogP contribution in [0.1, 0.15) is 37.4 Å². The zero-order valence-electron chi connectivity index (χ0n) is 11.9. The molecular weight excluding hydrogens is 256 g/mol. The Morgan fingerprint density at radius 1 is 1.42 bits per heavy atom. The van der Waals surface area contributed by atoms with Crippen LogP contribution < -0.4 is 10.6 Å². The summed E-state index contributed by atoms with van der Waals surface area (Å²) >= 11 is 1.76. The predicted molar refractivity (Wildman–Crippen MR) is 81.9 cm³/mol. The van der Waals surface area contributed by atoms with Crippen LogP contribution >= 0.6 is 11.3 Å². The summed E-state index contributed by atoms with van der Waals surface area (Å²) in [6.45, 7) is 7.01. The molecule has 0 aromatic carbocycles. The lowest BCUT2D eigenvalue weighted by Gasteiger charge is -2.10. The first-order chi connectivity index (χ1) is 9.31. The van der Waals surface area contributed by atoms with E-state index in [0.29, 0.717) is 0 Å². The van der Waals surface area contributed by atoms with E-state index in [1.54, 1.807) is 11.3 Å². The van der Waals surface area contributed by atoms with E-state index in [0.717, 1.165) is 44.4 Å². The van der Waals surface area contributed by atoms with E-state index in [9.17, 15) is 0 Å². The number of aliphatic imine (C=N–C) groups is 1. The molecule has 0 aliphatic heterocycles. The second-order valence-corrected chi connectivity index (χ2v) is 5.87. The molecule has 0 amide bonds. The Kier molecular flexibility index (Phi) is 5.63. The van der Waals surface area contributed by atoms with E-state index in [1.807, 2.05) is 0 Å². The van der Waals surface area contributed by atoms with Crippen molar-refractivity contribution in [3.63, 3.8) is 0 Å². The number of thiazole rings is 1. The zero-order chi connectivity index (χ0) is 13.5. The monoisotopic (exact) mass is 280 g/mol. The highest BCUT2D eigenvalue weighted by molar-refractivity contribution is 7.09. The topological polar surface area (TPSA) is 49.3 Å². The molecular formula is C14H24N4S. The van der Waals surface area contributed by atoms with E-state index in [2.05, 4.69) is 39.8 Å². The standard InChI is InChI=1S/C14H24N4S/c1-3-13-18-12(10-19-13)7-8-16-14(15-4-2)17-9-11-5-6-11/h10-11H,3-9H2,1-2H3,(H2,15,16,17). The molecule has 5 heteroatoms. The van der Waals surface area contributed by atoms with E-state index in [-0.39, 0.29) is 0 Å². The molecule has 0 atom stereocenters. The fourth-order valence-electron chi connectivity index (χ4n) is 1.80. The SMILES string of the molecule is CCNC(=NCC1CC1)NCCc1csc(CC)n1. The van der Waals surface area contributed by atoms with Crippen LogP contribution in [0.25, 0.3) is 0 Å². The quantitative estimate of drug-likeness (QED) is 0.595. The molecule has 0 spiro atoms. The third kappa shape index (κ3) is 5.19. The minimum absolute atomic E-state index is 0.834. The molecule has 2 rings (SSSR count). The van der Waals surface area contributed by atoms with Crippen LogP contribution in [0, 0.1) is 5.92 Å². The molecule has 0 saturated heterocycles. The lowest BCUT2D eigenvalue weighted by Crippen LogP contribution is -2.38. The summed E-state index contributed by atoms with van der Waals surface area (Å²) in [6, 6.07) is 0. The van der Waals surface area contributed by atoms with Crippen molar-refractivity contribution in [2.75, 3.05) is 19.6 Å². The maximum absolute atomic E-state index is 4.60. The van der Waals surface area contributed by atoms with Crippen LogP contribution in [0.2, 0.25) is 0 Å². The van der Waals surface area contributed by atoms with E-state index in [1.165, 1.54) is 23.5 Å². The van der Waals surface area contributed by atoms with Crippen molar-refractivity contribution in [2.45, 2.75) is 39.5 Å². The van der Waals surface area contributed by atoms with Gasteiger partial charge < -0.3 is 10.6 Å². The molecule has 1 aliphatic rings. The maximum atomic E-state index is 4.60. The van der Waals surface area contributed by atoms with Gasteiger partial charge in [-0.05, 0) is 32.1 Å². The molecule has 1 fully saturated rings. The van der Waals surface area contributed by atoms with Gasteiger partial charge in [0.2, 0.25) is 0 Å². The van der Waals surface area contributed by atoms with Crippen molar-refractivity contribution in [2.24, 2.45) is 10.9 Å². The second-order valence-electron chi connectivity index (χ2n) is 4.93. The third-order valence-corrected chi connectivity index (χ3v) is 4.17. The minimum atomic E-state index is 0.834. The van der Waals surface area contributed by atoms with Crippen molar-refractivity contribution in [1.82, 2.24) is 15.6 Å². The van der Waals surface area contributed by atoms with Gasteiger partial charge >= 0.3 is 0 Å². The van der Waals surface area contributed by atoms with Crippen LogP contribution in [-0.4, -0.2) is 30.6 Å². The van der Waals surface area contributed by atoms with Gasteiger partial charge in [-0.15, -0.1) is 11.3 Å². The Morgan fingerprint density at radius 2 is 2.26 bits per heavy atom. The van der Waals surface area contributed by atoms with Gasteiger partial charge in [-0.25, -0.2) is 4.98 Å². The fourth-order valence-corrected chi connectivity index (χ4v) is 2.58. The molecule has 1 aromatic rings. The summed E-state index contributed by atoms with van der Waals surface area (Å²) in [5, 5.41) is 10.1. The number of nitrogens with one attached hydrogen (secondary N) is 2. The smallest absolute Gasteiger partial charge is 0.191 e. The Morgan fingerprint density at radius 3 is 2.89 bits per heavy atom. The summed E-state index contributed by atoms with van der Waals surface area (Å²) in [7, 11) is 0. The van der Waals surface area contributed by atoms with Crippen LogP contribution in [0.15, 0.2) is 10.4 Å². The molecule has 106 valence electrons. The summed E-state index contributed by atoms with van der Waals surface area (Å²) in [6.07, 6.45) is 4.69. The molecule has 1 heterocycles. The second kappa shape index (κ2) is 7.48. The average Bonchev–Trinajstić information content (AvgIpc) is 3.14. The molecule has 4 nitrogen and oxygen atoms in total. The van der Waals surface area contributed by atoms with Gasteiger partial charge in [-0.3, -0.25) is 4.99 Å². The first kappa shape index (κ1) is 14.3. The van der Waals surface area contributed by atoms with E-state index < -0.39 is 0 Å². The molecule has 1 aromatic heterocycles. The maximum Gasteiger partial charge on any atom is 0.191 e. The van der Waals surface area contributed by atoms with Crippen molar-refractivity contribution < 1.29 is 0 Å². The predicted octanol–water partition coefficient (Wildman–Crippen LogP) is 2.21. The first-order valence-electron chi connectivity index (χ1n) is 7.27. The molecule has 1 saturated carbocycles. The molecule has 2 N–H and O–H groups in total. The lowest BCUT2D eigenvalue weighted by molar-refractivity contribution is 0.770. The summed E-state index contributed by atoms with van der Waals surface area (Å²) < 4.78 is 0. The third-order valence-electron chi connectivity index (χ3n) is 3.12. The van der Waals surface area contributed by atoms with Crippen molar-refractivity contribution in [1.29, 1.82) is 0 Å². The number of rotatable bonds is 7. The average molecular weight is 280 g/mol. The zero-order valence-corrected chi connectivity index (χ0v) is 12.7. The van der Waals surface area contributed by atoms with Crippen LogP contribution in [-0.2, 0) is 12.8 Å². The summed E-state index contributed by atoms with van der Waals surface area (Å²) in [4.78, 5) is 9.18. The molecule has 0 bridgehead atoms. The largest absolute Gasteiger partial charge is 0.357 e. The highest BCUT2D eigenvalue weighted by atomic mass is 32.1. The van der Waals surface area contributed by atoms with Crippen molar-refractivity contribution >= 4 is 17.3 Å². The van der Waals surface area contributed by atoms with E-state index in [4.69, 9.17) is 0 Å². The highest BCUT2D eigenvalue weighted by Crippen LogP contribution is 2.28. The Bertz CT molecular complexity index is 409. The normalized spacial score (nSPS) is 15.6. The van der Waals surface area contributed by atoms with Crippen molar-refractivity contribution in [3.05, 3.63) is 16.1 Å². The number of guanidine groups is 1. The number of aromatic nitrogens is 1. The first-order valence-corrected chi connectivity index (χ1v) is 8.15. The van der Waals surface area contributed by atoms with Crippen LogP contribution in [0.4, 0.5) is 0 Å². The van der Waals surface area contributed by atoms with Crippen molar-refractivity contribution in [3.8, 4) is 0 Å². The number of hydrogen-bond acceptors (Lipinski definition) is 3. The Balaban J connectivity index is 1.72.